The van der Waals surface area contributed by atoms with E-state index in [1.54, 1.807) is 6.92 Å². The van der Waals surface area contributed by atoms with Crippen LogP contribution in [0.25, 0.3) is 10.9 Å². The van der Waals surface area contributed by atoms with Gasteiger partial charge in [-0.25, -0.2) is 17.8 Å². The van der Waals surface area contributed by atoms with Crippen LogP contribution in [0.5, 0.6) is 0 Å². The zero-order chi connectivity index (χ0) is 31.2. The predicted octanol–water partition coefficient (Wildman–Crippen LogP) is 6.34. The zero-order valence-corrected chi connectivity index (χ0v) is 23.4. The second-order valence-corrected chi connectivity index (χ2v) is 12.1. The van der Waals surface area contributed by atoms with Crippen LogP contribution >= 0.6 is 0 Å². The number of nitrogens with zero attached hydrogens (tertiary/aromatic N) is 2. The fraction of sp³-hybridized carbons (Fsp3) is 0.407. The lowest BCUT2D eigenvalue weighted by molar-refractivity contribution is -0.179. The van der Waals surface area contributed by atoms with Crippen molar-refractivity contribution in [1.82, 2.24) is 10.3 Å². The van der Waals surface area contributed by atoms with Gasteiger partial charge in [0.2, 0.25) is 10.0 Å². The third-order valence-electron chi connectivity index (χ3n) is 7.09. The van der Waals surface area contributed by atoms with Crippen molar-refractivity contribution in [2.24, 2.45) is 5.92 Å². The number of benzene rings is 2. The number of hydrogen-bond donors (Lipinski definition) is 2. The number of pyridine rings is 1. The van der Waals surface area contributed by atoms with E-state index in [2.05, 4.69) is 15.0 Å². The Balaban J connectivity index is 1.64. The van der Waals surface area contributed by atoms with Crippen LogP contribution in [0.1, 0.15) is 53.0 Å². The number of piperidine rings is 1. The van der Waals surface area contributed by atoms with Crippen LogP contribution in [0.2, 0.25) is 0 Å². The highest BCUT2D eigenvalue weighted by Gasteiger charge is 2.42. The number of nitrogens with one attached hydrogen (secondary N) is 2. The van der Waals surface area contributed by atoms with Crippen LogP contribution in [-0.4, -0.2) is 44.8 Å². The van der Waals surface area contributed by atoms with Crippen LogP contribution in [-0.2, 0) is 16.2 Å². The van der Waals surface area contributed by atoms with Crippen LogP contribution in [0.4, 0.5) is 42.1 Å². The number of halogens is 7. The molecule has 1 aliphatic heterocycles. The van der Waals surface area contributed by atoms with Crippen molar-refractivity contribution in [3.8, 4) is 0 Å². The Bertz CT molecular complexity index is 1620. The first kappa shape index (κ1) is 31.3. The number of aryl methyl sites for hydroxylation is 1. The summed E-state index contributed by atoms with van der Waals surface area (Å²) in [6.07, 6.45) is -8.90. The number of fused-ring (bicyclic) bond motifs is 1. The summed E-state index contributed by atoms with van der Waals surface area (Å²) < 4.78 is 120. The highest BCUT2D eigenvalue weighted by atomic mass is 32.2. The van der Waals surface area contributed by atoms with Gasteiger partial charge < -0.3 is 10.2 Å². The van der Waals surface area contributed by atoms with Gasteiger partial charge in [0.1, 0.15) is 11.5 Å². The number of aromatic nitrogens is 1. The largest absolute Gasteiger partial charge is 0.433 e. The van der Waals surface area contributed by atoms with Crippen molar-refractivity contribution in [2.45, 2.75) is 45.1 Å². The Morgan fingerprint density at radius 1 is 1.05 bits per heavy atom. The maximum absolute atomic E-state index is 14.8. The predicted molar refractivity (Wildman–Crippen MR) is 143 cm³/mol. The molecule has 2 N–H and O–H groups in total. The van der Waals surface area contributed by atoms with Gasteiger partial charge in [-0.15, -0.1) is 0 Å². The Morgan fingerprint density at radius 2 is 1.69 bits per heavy atom. The van der Waals surface area contributed by atoms with Crippen LogP contribution in [0.15, 0.2) is 36.4 Å². The summed E-state index contributed by atoms with van der Waals surface area (Å²) in [6.45, 7) is 2.76. The van der Waals surface area contributed by atoms with Gasteiger partial charge in [0.05, 0.1) is 29.4 Å². The number of carbonyl (C=O) groups excluding carboxylic acids is 1. The van der Waals surface area contributed by atoms with Crippen LogP contribution in [0.3, 0.4) is 0 Å². The van der Waals surface area contributed by atoms with Gasteiger partial charge in [-0.2, -0.15) is 26.3 Å². The highest BCUT2D eigenvalue weighted by Crippen LogP contribution is 2.39. The number of amides is 1. The van der Waals surface area contributed by atoms with Gasteiger partial charge in [0.15, 0.2) is 0 Å². The minimum atomic E-state index is -4.81. The summed E-state index contributed by atoms with van der Waals surface area (Å²) in [5.74, 6) is -3.04. The second kappa shape index (κ2) is 11.2. The van der Waals surface area contributed by atoms with E-state index in [9.17, 15) is 43.9 Å². The topological polar surface area (TPSA) is 91.4 Å². The normalized spacial score (nSPS) is 16.0. The summed E-state index contributed by atoms with van der Waals surface area (Å²) in [5, 5.41) is 2.76. The van der Waals surface area contributed by atoms with Gasteiger partial charge in [0.25, 0.3) is 5.91 Å². The lowest BCUT2D eigenvalue weighted by Gasteiger charge is -2.35. The van der Waals surface area contributed by atoms with E-state index in [0.29, 0.717) is 5.56 Å². The SMILES string of the molecule is Cc1cc([C@@H](C)NC(=O)c2ccc3nc(C(F)(F)F)cc(N4CCC(C(F)(F)F)CC4)c3c2)c(F)cc1NS(C)(=O)=O. The van der Waals surface area contributed by atoms with Gasteiger partial charge >= 0.3 is 12.4 Å². The molecule has 1 aromatic heterocycles. The Hall–Kier alpha value is -3.62. The minimum absolute atomic E-state index is 0.00582. The molecular formula is C27H27F7N4O3S. The average Bonchev–Trinajstić information content (AvgIpc) is 2.87. The molecule has 1 saturated heterocycles. The first-order valence-corrected chi connectivity index (χ1v) is 14.6. The summed E-state index contributed by atoms with van der Waals surface area (Å²) >= 11 is 0. The Kier molecular flexibility index (Phi) is 8.37. The standard InChI is InChI=1S/C27H27F7N4O3S/c1-14-10-18(20(28)12-22(14)37-42(3,40)41)15(2)35-25(39)16-4-5-21-19(11-16)23(13-24(36-21)27(32,33)34)38-8-6-17(7-9-38)26(29,30)31/h4-5,10-13,15,17,37H,6-9H2,1-3H3,(H,35,39)/t15-/m1/s1. The number of sulfonamides is 1. The van der Waals surface area contributed by atoms with Gasteiger partial charge in [-0.05, 0) is 68.7 Å². The molecule has 0 spiro atoms. The number of alkyl halides is 6. The average molecular weight is 621 g/mol. The van der Waals surface area contributed by atoms with Crippen molar-refractivity contribution < 1.29 is 43.9 Å². The first-order valence-electron chi connectivity index (χ1n) is 12.8. The molecule has 3 aromatic rings. The summed E-state index contributed by atoms with van der Waals surface area (Å²) in [4.78, 5) is 18.2. The molecule has 42 heavy (non-hydrogen) atoms. The molecule has 2 aromatic carbocycles. The van der Waals surface area contributed by atoms with Crippen molar-refractivity contribution >= 4 is 38.2 Å². The maximum Gasteiger partial charge on any atom is 0.433 e. The lowest BCUT2D eigenvalue weighted by Crippen LogP contribution is -2.39. The van der Waals surface area contributed by atoms with E-state index < -0.39 is 51.8 Å². The van der Waals surface area contributed by atoms with E-state index in [4.69, 9.17) is 0 Å². The van der Waals surface area contributed by atoms with Crippen molar-refractivity contribution in [1.29, 1.82) is 0 Å². The molecule has 2 heterocycles. The molecule has 0 radical (unpaired) electrons. The third-order valence-corrected chi connectivity index (χ3v) is 7.68. The molecule has 1 fully saturated rings. The molecule has 0 saturated carbocycles. The monoisotopic (exact) mass is 620 g/mol. The zero-order valence-electron chi connectivity index (χ0n) is 22.6. The lowest BCUT2D eigenvalue weighted by atomic mass is 9.95. The molecule has 1 atom stereocenters. The van der Waals surface area contributed by atoms with Crippen molar-refractivity contribution in [3.63, 3.8) is 0 Å². The number of hydrogen-bond acceptors (Lipinski definition) is 5. The number of carbonyl (C=O) groups is 1. The van der Waals surface area contributed by atoms with E-state index >= 15 is 0 Å². The van der Waals surface area contributed by atoms with Crippen LogP contribution in [0, 0.1) is 18.7 Å². The van der Waals surface area contributed by atoms with E-state index in [1.807, 2.05) is 0 Å². The second-order valence-electron chi connectivity index (χ2n) is 10.3. The molecule has 0 unspecified atom stereocenters. The Morgan fingerprint density at radius 3 is 2.26 bits per heavy atom. The molecule has 4 rings (SSSR count). The molecule has 0 aliphatic carbocycles. The fourth-order valence-electron chi connectivity index (χ4n) is 4.91. The smallest absolute Gasteiger partial charge is 0.371 e. The maximum atomic E-state index is 14.8. The van der Waals surface area contributed by atoms with E-state index in [-0.39, 0.29) is 59.3 Å². The fourth-order valence-corrected chi connectivity index (χ4v) is 5.53. The van der Waals surface area contributed by atoms with Crippen molar-refractivity contribution in [2.75, 3.05) is 29.0 Å². The quantitative estimate of drug-likeness (QED) is 0.314. The molecule has 15 heteroatoms. The third kappa shape index (κ3) is 7.05. The molecule has 1 aliphatic rings. The summed E-state index contributed by atoms with van der Waals surface area (Å²) in [7, 11) is -3.66. The molecule has 1 amide bonds. The van der Waals surface area contributed by atoms with E-state index in [1.165, 1.54) is 36.1 Å². The van der Waals surface area contributed by atoms with Gasteiger partial charge in [-0.1, -0.05) is 0 Å². The molecule has 0 bridgehead atoms. The highest BCUT2D eigenvalue weighted by molar-refractivity contribution is 7.92. The number of rotatable bonds is 6. The van der Waals surface area contributed by atoms with E-state index in [0.717, 1.165) is 18.4 Å². The van der Waals surface area contributed by atoms with Gasteiger partial charge in [-0.3, -0.25) is 9.52 Å². The summed E-state index contributed by atoms with van der Waals surface area (Å²) in [5.41, 5.74) is -0.809. The minimum Gasteiger partial charge on any atom is -0.371 e. The number of anilines is 2. The molecule has 7 nitrogen and oxygen atoms in total. The van der Waals surface area contributed by atoms with Crippen LogP contribution < -0.4 is 14.9 Å². The van der Waals surface area contributed by atoms with Gasteiger partial charge in [0, 0.05) is 35.3 Å². The molecular weight excluding hydrogens is 593 g/mol. The van der Waals surface area contributed by atoms with Crippen molar-refractivity contribution in [3.05, 3.63) is 64.6 Å². The first-order chi connectivity index (χ1) is 19.3. The Labute approximate surface area is 237 Å². The molecule has 228 valence electrons. The summed E-state index contributed by atoms with van der Waals surface area (Å²) in [6, 6.07) is 6.00.